The highest BCUT2D eigenvalue weighted by atomic mass is 79.9. The Kier molecular flexibility index (Phi) is 7.85. The summed E-state index contributed by atoms with van der Waals surface area (Å²) in [7, 11) is 0. The SMILES string of the molecule is CCCCOc1ccc(Br)cc1C(=O)Nc1ccccc1C(=O)NC(C)C. The minimum absolute atomic E-state index is 0.00454. The van der Waals surface area contributed by atoms with Crippen molar-refractivity contribution in [3.8, 4) is 5.75 Å². The topological polar surface area (TPSA) is 67.4 Å². The van der Waals surface area contributed by atoms with Gasteiger partial charge in [0.25, 0.3) is 11.8 Å². The molecule has 0 aromatic heterocycles. The largest absolute Gasteiger partial charge is 0.493 e. The van der Waals surface area contributed by atoms with E-state index in [-0.39, 0.29) is 17.9 Å². The predicted octanol–water partition coefficient (Wildman–Crippen LogP) is 5.02. The average Bonchev–Trinajstić information content (AvgIpc) is 2.62. The molecule has 0 aliphatic heterocycles. The van der Waals surface area contributed by atoms with E-state index in [1.807, 2.05) is 19.9 Å². The number of nitrogens with one attached hydrogen (secondary N) is 2. The molecule has 2 amide bonds. The lowest BCUT2D eigenvalue weighted by molar-refractivity contribution is 0.0944. The van der Waals surface area contributed by atoms with E-state index >= 15 is 0 Å². The fraction of sp³-hybridized carbons (Fsp3) is 0.333. The number of anilines is 1. The standard InChI is InChI=1S/C21H25BrN2O3/c1-4-5-12-27-19-11-10-15(22)13-17(19)21(26)24-18-9-7-6-8-16(18)20(25)23-14(2)3/h6-11,13-14H,4-5,12H2,1-3H3,(H,23,25)(H,24,26). The Labute approximate surface area is 168 Å². The van der Waals surface area contributed by atoms with Crippen LogP contribution in [0.15, 0.2) is 46.9 Å². The first-order chi connectivity index (χ1) is 12.9. The van der Waals surface area contributed by atoms with Gasteiger partial charge in [-0.15, -0.1) is 0 Å². The van der Waals surface area contributed by atoms with Gasteiger partial charge < -0.3 is 15.4 Å². The number of unbranched alkanes of at least 4 members (excludes halogenated alkanes) is 1. The smallest absolute Gasteiger partial charge is 0.259 e. The van der Waals surface area contributed by atoms with Gasteiger partial charge in [0.15, 0.2) is 0 Å². The lowest BCUT2D eigenvalue weighted by Crippen LogP contribution is -2.31. The second-order valence-corrected chi connectivity index (χ2v) is 7.39. The normalized spacial score (nSPS) is 10.6. The predicted molar refractivity (Wildman–Crippen MR) is 112 cm³/mol. The van der Waals surface area contributed by atoms with Crippen LogP contribution in [0.25, 0.3) is 0 Å². The number of rotatable bonds is 8. The third-order valence-corrected chi connectivity index (χ3v) is 4.27. The number of para-hydroxylation sites is 1. The van der Waals surface area contributed by atoms with Gasteiger partial charge >= 0.3 is 0 Å². The Bertz CT molecular complexity index is 806. The molecule has 2 N–H and O–H groups in total. The maximum atomic E-state index is 12.9. The quantitative estimate of drug-likeness (QED) is 0.575. The molecule has 0 unspecified atom stereocenters. The van der Waals surface area contributed by atoms with Gasteiger partial charge in [0, 0.05) is 10.5 Å². The number of amides is 2. The van der Waals surface area contributed by atoms with Crippen LogP contribution in [-0.4, -0.2) is 24.5 Å². The Morgan fingerprint density at radius 2 is 1.81 bits per heavy atom. The summed E-state index contributed by atoms with van der Waals surface area (Å²) in [5.74, 6) is -0.0320. The molecule has 0 atom stereocenters. The van der Waals surface area contributed by atoms with Crippen LogP contribution in [0.1, 0.15) is 54.3 Å². The molecule has 0 radical (unpaired) electrons. The van der Waals surface area contributed by atoms with Crippen LogP contribution in [0.5, 0.6) is 5.75 Å². The zero-order valence-electron chi connectivity index (χ0n) is 15.8. The number of ether oxygens (including phenoxy) is 1. The van der Waals surface area contributed by atoms with Crippen LogP contribution in [0.4, 0.5) is 5.69 Å². The highest BCUT2D eigenvalue weighted by molar-refractivity contribution is 9.10. The molecule has 0 spiro atoms. The number of carbonyl (C=O) groups excluding carboxylic acids is 2. The summed E-state index contributed by atoms with van der Waals surface area (Å²) in [4.78, 5) is 25.3. The highest BCUT2D eigenvalue weighted by Crippen LogP contribution is 2.25. The van der Waals surface area contributed by atoms with Gasteiger partial charge in [-0.05, 0) is 50.6 Å². The van der Waals surface area contributed by atoms with Gasteiger partial charge in [-0.3, -0.25) is 9.59 Å². The van der Waals surface area contributed by atoms with E-state index < -0.39 is 0 Å². The fourth-order valence-electron chi connectivity index (χ4n) is 2.45. The summed E-state index contributed by atoms with van der Waals surface area (Å²) in [6, 6.07) is 12.3. The highest BCUT2D eigenvalue weighted by Gasteiger charge is 2.17. The Balaban J connectivity index is 2.25. The average molecular weight is 433 g/mol. The van der Waals surface area contributed by atoms with Crippen molar-refractivity contribution in [2.24, 2.45) is 0 Å². The molecule has 6 heteroatoms. The van der Waals surface area contributed by atoms with E-state index in [4.69, 9.17) is 4.74 Å². The second-order valence-electron chi connectivity index (χ2n) is 6.47. The summed E-state index contributed by atoms with van der Waals surface area (Å²) >= 11 is 3.40. The molecule has 2 aromatic carbocycles. The van der Waals surface area contributed by atoms with Crippen LogP contribution in [-0.2, 0) is 0 Å². The van der Waals surface area contributed by atoms with Crippen molar-refractivity contribution in [1.82, 2.24) is 5.32 Å². The van der Waals surface area contributed by atoms with Gasteiger partial charge in [0.05, 0.1) is 23.4 Å². The lowest BCUT2D eigenvalue weighted by atomic mass is 10.1. The van der Waals surface area contributed by atoms with Crippen molar-refractivity contribution in [2.75, 3.05) is 11.9 Å². The van der Waals surface area contributed by atoms with Gasteiger partial charge in [0.2, 0.25) is 0 Å². The molecule has 2 rings (SSSR count). The minimum atomic E-state index is -0.326. The third-order valence-electron chi connectivity index (χ3n) is 3.78. The van der Waals surface area contributed by atoms with Crippen molar-refractivity contribution in [3.05, 3.63) is 58.1 Å². The van der Waals surface area contributed by atoms with Gasteiger partial charge in [-0.25, -0.2) is 0 Å². The van der Waals surface area contributed by atoms with Crippen LogP contribution < -0.4 is 15.4 Å². The number of benzene rings is 2. The fourth-order valence-corrected chi connectivity index (χ4v) is 2.81. The number of halogens is 1. The second kappa shape index (κ2) is 10.1. The third kappa shape index (κ3) is 6.10. The zero-order valence-corrected chi connectivity index (χ0v) is 17.4. The maximum Gasteiger partial charge on any atom is 0.259 e. The van der Waals surface area contributed by atoms with E-state index in [9.17, 15) is 9.59 Å². The Hall–Kier alpha value is -2.34. The molecule has 0 fully saturated rings. The first kappa shape index (κ1) is 21.0. The number of hydrogen-bond donors (Lipinski definition) is 2. The van der Waals surface area contributed by atoms with Crippen LogP contribution >= 0.6 is 15.9 Å². The first-order valence-electron chi connectivity index (χ1n) is 9.06. The lowest BCUT2D eigenvalue weighted by Gasteiger charge is -2.15. The molecule has 0 heterocycles. The molecule has 5 nitrogen and oxygen atoms in total. The van der Waals surface area contributed by atoms with Crippen molar-refractivity contribution >= 4 is 33.4 Å². The van der Waals surface area contributed by atoms with E-state index in [0.717, 1.165) is 17.3 Å². The number of carbonyl (C=O) groups is 2. The van der Waals surface area contributed by atoms with Crippen molar-refractivity contribution in [1.29, 1.82) is 0 Å². The summed E-state index contributed by atoms with van der Waals surface area (Å²) in [5.41, 5.74) is 1.29. The molecule has 0 saturated carbocycles. The zero-order chi connectivity index (χ0) is 19.8. The Morgan fingerprint density at radius 3 is 2.52 bits per heavy atom. The van der Waals surface area contributed by atoms with E-state index in [1.54, 1.807) is 36.4 Å². The van der Waals surface area contributed by atoms with Gasteiger partial charge in [-0.2, -0.15) is 0 Å². The maximum absolute atomic E-state index is 12.9. The Morgan fingerprint density at radius 1 is 1.07 bits per heavy atom. The molecule has 144 valence electrons. The molecule has 2 aromatic rings. The summed E-state index contributed by atoms with van der Waals surface area (Å²) in [6.45, 7) is 6.41. The van der Waals surface area contributed by atoms with Crippen LogP contribution in [0, 0.1) is 0 Å². The van der Waals surface area contributed by atoms with Crippen LogP contribution in [0.3, 0.4) is 0 Å². The van der Waals surface area contributed by atoms with Crippen molar-refractivity contribution in [3.63, 3.8) is 0 Å². The minimum Gasteiger partial charge on any atom is -0.493 e. The molecular weight excluding hydrogens is 408 g/mol. The van der Waals surface area contributed by atoms with E-state index in [1.165, 1.54) is 0 Å². The first-order valence-corrected chi connectivity index (χ1v) is 9.85. The molecule has 0 aliphatic rings. The summed E-state index contributed by atoms with van der Waals surface area (Å²) in [6.07, 6.45) is 1.92. The molecular formula is C21H25BrN2O3. The van der Waals surface area contributed by atoms with Gasteiger partial charge in [0.1, 0.15) is 5.75 Å². The molecule has 27 heavy (non-hydrogen) atoms. The van der Waals surface area contributed by atoms with Gasteiger partial charge in [-0.1, -0.05) is 41.4 Å². The van der Waals surface area contributed by atoms with E-state index in [0.29, 0.717) is 29.2 Å². The molecule has 0 bridgehead atoms. The molecule has 0 aliphatic carbocycles. The van der Waals surface area contributed by atoms with Crippen molar-refractivity contribution in [2.45, 2.75) is 39.7 Å². The summed E-state index contributed by atoms with van der Waals surface area (Å²) in [5, 5.41) is 5.68. The number of hydrogen-bond acceptors (Lipinski definition) is 3. The monoisotopic (exact) mass is 432 g/mol. The van der Waals surface area contributed by atoms with Crippen LogP contribution in [0.2, 0.25) is 0 Å². The van der Waals surface area contributed by atoms with Crippen molar-refractivity contribution < 1.29 is 14.3 Å². The summed E-state index contributed by atoms with van der Waals surface area (Å²) < 4.78 is 6.54. The van der Waals surface area contributed by atoms with E-state index in [2.05, 4.69) is 33.5 Å². The molecule has 0 saturated heterocycles.